The first-order chi connectivity index (χ1) is 9.29. The fourth-order valence-corrected chi connectivity index (χ4v) is 2.95. The van der Waals surface area contributed by atoms with E-state index < -0.39 is 11.9 Å². The van der Waals surface area contributed by atoms with E-state index >= 15 is 0 Å². The predicted octanol–water partition coefficient (Wildman–Crippen LogP) is 3.67. The second-order valence-electron chi connectivity index (χ2n) is 6.20. The van der Waals surface area contributed by atoms with E-state index in [1.165, 1.54) is 6.07 Å². The number of alkyl halides is 3. The average molecular weight is 286 g/mol. The monoisotopic (exact) mass is 286 g/mol. The number of aromatic nitrogens is 1. The summed E-state index contributed by atoms with van der Waals surface area (Å²) in [6.07, 6.45) is -1.63. The van der Waals surface area contributed by atoms with Crippen LogP contribution < -0.4 is 5.32 Å². The molecule has 2 heterocycles. The largest absolute Gasteiger partial charge is 0.433 e. The zero-order valence-corrected chi connectivity index (χ0v) is 11.9. The Labute approximate surface area is 117 Å². The molecule has 1 aromatic rings. The summed E-state index contributed by atoms with van der Waals surface area (Å²) in [5.41, 5.74) is -0.293. The Morgan fingerprint density at radius 1 is 1.20 bits per heavy atom. The minimum Gasteiger partial charge on any atom is -0.317 e. The van der Waals surface area contributed by atoms with Gasteiger partial charge < -0.3 is 5.32 Å². The average Bonchev–Trinajstić information content (AvgIpc) is 2.38. The van der Waals surface area contributed by atoms with E-state index in [-0.39, 0.29) is 5.41 Å². The van der Waals surface area contributed by atoms with Crippen LogP contribution in [0.5, 0.6) is 0 Å². The highest BCUT2D eigenvalue weighted by atomic mass is 19.4. The van der Waals surface area contributed by atoms with Crippen molar-refractivity contribution in [3.63, 3.8) is 0 Å². The highest BCUT2D eigenvalue weighted by Crippen LogP contribution is 2.36. The Morgan fingerprint density at radius 3 is 2.45 bits per heavy atom. The van der Waals surface area contributed by atoms with Gasteiger partial charge in [-0.3, -0.25) is 0 Å². The van der Waals surface area contributed by atoms with Gasteiger partial charge in [0.05, 0.1) is 0 Å². The first-order valence-electron chi connectivity index (χ1n) is 7.03. The van der Waals surface area contributed by atoms with Crippen LogP contribution in [0.1, 0.15) is 38.1 Å². The topological polar surface area (TPSA) is 24.9 Å². The third kappa shape index (κ3) is 3.72. The number of pyridine rings is 1. The summed E-state index contributed by atoms with van der Waals surface area (Å²) in [4.78, 5) is 3.78. The van der Waals surface area contributed by atoms with Gasteiger partial charge in [-0.05, 0) is 55.8 Å². The minimum absolute atomic E-state index is 0.0285. The van der Waals surface area contributed by atoms with Gasteiger partial charge in [0.25, 0.3) is 0 Å². The van der Waals surface area contributed by atoms with Gasteiger partial charge in [0.15, 0.2) is 0 Å². The van der Waals surface area contributed by atoms with Crippen molar-refractivity contribution in [1.29, 1.82) is 0 Å². The fourth-order valence-electron chi connectivity index (χ4n) is 2.95. The molecule has 1 saturated heterocycles. The lowest BCUT2D eigenvalue weighted by Gasteiger charge is -2.37. The second-order valence-corrected chi connectivity index (χ2v) is 6.20. The van der Waals surface area contributed by atoms with Gasteiger partial charge in [0.2, 0.25) is 0 Å². The van der Waals surface area contributed by atoms with E-state index in [0.717, 1.165) is 32.0 Å². The molecule has 0 amide bonds. The number of halogens is 3. The lowest BCUT2D eigenvalue weighted by molar-refractivity contribution is -0.141. The molecule has 0 aliphatic carbocycles. The molecule has 0 spiro atoms. The van der Waals surface area contributed by atoms with Gasteiger partial charge in [-0.2, -0.15) is 13.2 Å². The molecular weight excluding hydrogens is 265 g/mol. The van der Waals surface area contributed by atoms with Crippen LogP contribution in [0.15, 0.2) is 18.2 Å². The number of nitrogens with one attached hydrogen (secondary N) is 1. The van der Waals surface area contributed by atoms with Crippen LogP contribution in [-0.4, -0.2) is 18.1 Å². The van der Waals surface area contributed by atoms with Gasteiger partial charge in [-0.15, -0.1) is 0 Å². The van der Waals surface area contributed by atoms with Crippen LogP contribution in [0.2, 0.25) is 0 Å². The van der Waals surface area contributed by atoms with Crippen molar-refractivity contribution >= 4 is 0 Å². The minimum atomic E-state index is -4.37. The summed E-state index contributed by atoms with van der Waals surface area (Å²) in [7, 11) is 0. The Balaban J connectivity index is 2.12. The van der Waals surface area contributed by atoms with Gasteiger partial charge in [0, 0.05) is 5.69 Å². The van der Waals surface area contributed by atoms with Crippen molar-refractivity contribution in [3.8, 4) is 0 Å². The third-order valence-electron chi connectivity index (χ3n) is 4.18. The maximum Gasteiger partial charge on any atom is 0.433 e. The molecule has 0 atom stereocenters. The molecule has 5 heteroatoms. The van der Waals surface area contributed by atoms with E-state index in [9.17, 15) is 13.2 Å². The highest BCUT2D eigenvalue weighted by Gasteiger charge is 2.34. The smallest absolute Gasteiger partial charge is 0.317 e. The molecule has 1 aliphatic heterocycles. The summed E-state index contributed by atoms with van der Waals surface area (Å²) in [6, 6.07) is 4.17. The number of hydrogen-bond acceptors (Lipinski definition) is 2. The summed E-state index contributed by atoms with van der Waals surface area (Å²) in [5.74, 6) is 0.528. The van der Waals surface area contributed by atoms with E-state index in [1.807, 2.05) is 0 Å². The lowest BCUT2D eigenvalue weighted by Crippen LogP contribution is -2.37. The zero-order valence-electron chi connectivity index (χ0n) is 11.9. The summed E-state index contributed by atoms with van der Waals surface area (Å²) >= 11 is 0. The highest BCUT2D eigenvalue weighted by molar-refractivity contribution is 5.15. The maximum absolute atomic E-state index is 12.7. The van der Waals surface area contributed by atoms with Crippen LogP contribution in [0.3, 0.4) is 0 Å². The van der Waals surface area contributed by atoms with Crippen molar-refractivity contribution in [1.82, 2.24) is 10.3 Å². The van der Waals surface area contributed by atoms with Crippen LogP contribution in [0, 0.1) is 11.3 Å². The van der Waals surface area contributed by atoms with Crippen LogP contribution in [0.4, 0.5) is 13.2 Å². The number of piperidine rings is 1. The molecule has 1 N–H and O–H groups in total. The second kappa shape index (κ2) is 5.72. The molecule has 20 heavy (non-hydrogen) atoms. The molecule has 2 rings (SSSR count). The third-order valence-corrected chi connectivity index (χ3v) is 4.18. The quantitative estimate of drug-likeness (QED) is 0.917. The lowest BCUT2D eigenvalue weighted by atomic mass is 9.71. The van der Waals surface area contributed by atoms with E-state index in [1.54, 1.807) is 6.07 Å². The molecular formula is C15H21F3N2. The fraction of sp³-hybridized carbons (Fsp3) is 0.667. The number of hydrogen-bond donors (Lipinski definition) is 1. The summed E-state index contributed by atoms with van der Waals surface area (Å²) in [6.45, 7) is 6.24. The maximum atomic E-state index is 12.7. The molecule has 0 aromatic carbocycles. The molecule has 112 valence electrons. The van der Waals surface area contributed by atoms with Gasteiger partial charge in [0.1, 0.15) is 5.69 Å². The SMILES string of the molecule is CC(C)(Cc1cccc(C(F)(F)F)n1)C1CCNCC1. The summed E-state index contributed by atoms with van der Waals surface area (Å²) in [5, 5.41) is 3.32. The Bertz CT molecular complexity index is 449. The van der Waals surface area contributed by atoms with Crippen LogP contribution in [0.25, 0.3) is 0 Å². The van der Waals surface area contributed by atoms with Crippen molar-refractivity contribution in [3.05, 3.63) is 29.6 Å². The first-order valence-corrected chi connectivity index (χ1v) is 7.03. The molecule has 0 saturated carbocycles. The van der Waals surface area contributed by atoms with E-state index in [4.69, 9.17) is 0 Å². The molecule has 1 fully saturated rings. The molecule has 1 aromatic heterocycles. The van der Waals surface area contributed by atoms with Crippen LogP contribution in [-0.2, 0) is 12.6 Å². The van der Waals surface area contributed by atoms with Gasteiger partial charge in [-0.1, -0.05) is 19.9 Å². The standard InChI is InChI=1S/C15H21F3N2/c1-14(2,11-6-8-19-9-7-11)10-12-4-3-5-13(20-12)15(16,17)18/h3-5,11,19H,6-10H2,1-2H3. The van der Waals surface area contributed by atoms with Crippen molar-refractivity contribution < 1.29 is 13.2 Å². The normalized spacial score (nSPS) is 18.2. The zero-order chi connectivity index (χ0) is 14.8. The van der Waals surface area contributed by atoms with E-state index in [0.29, 0.717) is 18.0 Å². The number of nitrogens with zero attached hydrogens (tertiary/aromatic N) is 1. The van der Waals surface area contributed by atoms with Crippen LogP contribution >= 0.6 is 0 Å². The molecule has 0 bridgehead atoms. The predicted molar refractivity (Wildman–Crippen MR) is 72.3 cm³/mol. The molecule has 0 unspecified atom stereocenters. The Morgan fingerprint density at radius 2 is 1.85 bits per heavy atom. The molecule has 2 nitrogen and oxygen atoms in total. The molecule has 0 radical (unpaired) electrons. The van der Waals surface area contributed by atoms with Gasteiger partial charge >= 0.3 is 6.18 Å². The Kier molecular flexibility index (Phi) is 4.37. The van der Waals surface area contributed by atoms with Crippen molar-refractivity contribution in [2.75, 3.05) is 13.1 Å². The number of rotatable bonds is 3. The van der Waals surface area contributed by atoms with Gasteiger partial charge in [-0.25, -0.2) is 4.98 Å². The summed E-state index contributed by atoms with van der Waals surface area (Å²) < 4.78 is 38.1. The van der Waals surface area contributed by atoms with Crippen molar-refractivity contribution in [2.45, 2.75) is 39.3 Å². The van der Waals surface area contributed by atoms with Crippen molar-refractivity contribution in [2.24, 2.45) is 11.3 Å². The Hall–Kier alpha value is -1.10. The first kappa shape index (κ1) is 15.3. The molecule has 1 aliphatic rings. The van der Waals surface area contributed by atoms with E-state index in [2.05, 4.69) is 24.1 Å².